The number of hydrogen-bond acceptors (Lipinski definition) is 6. The Balaban J connectivity index is 1.92. The van der Waals surface area contributed by atoms with E-state index in [-0.39, 0.29) is 44.8 Å². The zero-order chi connectivity index (χ0) is 28.2. The summed E-state index contributed by atoms with van der Waals surface area (Å²) in [5, 5.41) is -0.634. The van der Waals surface area contributed by atoms with Crippen molar-refractivity contribution in [3.05, 3.63) is 86.3 Å². The van der Waals surface area contributed by atoms with Crippen molar-refractivity contribution in [3.8, 4) is 17.4 Å². The number of imidazole rings is 1. The van der Waals surface area contributed by atoms with E-state index in [1.54, 1.807) is 0 Å². The predicted molar refractivity (Wildman–Crippen MR) is 132 cm³/mol. The number of aromatic nitrogens is 5. The van der Waals surface area contributed by atoms with Crippen molar-refractivity contribution < 1.29 is 26.7 Å². The maximum Gasteiger partial charge on any atom is 0.405 e. The van der Waals surface area contributed by atoms with Crippen LogP contribution in [0.2, 0.25) is 5.02 Å². The minimum absolute atomic E-state index is 0.0114. The molecule has 0 bridgehead atoms. The van der Waals surface area contributed by atoms with E-state index < -0.39 is 35.6 Å². The molecule has 0 aliphatic heterocycles. The summed E-state index contributed by atoms with van der Waals surface area (Å²) in [7, 11) is 2.28. The van der Waals surface area contributed by atoms with Crippen LogP contribution in [0.15, 0.2) is 58.4 Å². The summed E-state index contributed by atoms with van der Waals surface area (Å²) in [6.07, 6.45) is -2.17. The van der Waals surface area contributed by atoms with E-state index in [0.29, 0.717) is 4.57 Å². The van der Waals surface area contributed by atoms with Crippen LogP contribution in [0, 0.1) is 11.6 Å². The molecule has 5 aromatic rings. The first kappa shape index (κ1) is 26.2. The van der Waals surface area contributed by atoms with E-state index in [4.69, 9.17) is 16.3 Å². The number of benzene rings is 1. The molecule has 202 valence electrons. The van der Waals surface area contributed by atoms with Gasteiger partial charge in [0.15, 0.2) is 0 Å². The van der Waals surface area contributed by atoms with Gasteiger partial charge in [0.25, 0.3) is 5.56 Å². The molecule has 0 saturated heterocycles. The molecule has 0 fully saturated rings. The standard InChI is InChI=1S/C24H16ClF5N6O3/c1-33(11-24(28,29)30)18-9-16-20(21(32-18)39-2)22(37)36(19-10-31-17-7-12(26)5-6-34(17)19)23(38)35(16)13-3-4-15(27)14(25)8-13/h3-10H,11H2,1-2H3. The topological polar surface area (TPSA) is 86.7 Å². The van der Waals surface area contributed by atoms with Crippen molar-refractivity contribution in [1.29, 1.82) is 0 Å². The summed E-state index contributed by atoms with van der Waals surface area (Å²) in [6.45, 7) is -1.39. The normalized spacial score (nSPS) is 11.9. The van der Waals surface area contributed by atoms with Crippen LogP contribution in [-0.4, -0.2) is 50.4 Å². The Morgan fingerprint density at radius 3 is 2.49 bits per heavy atom. The molecule has 9 nitrogen and oxygen atoms in total. The Hall–Kier alpha value is -4.46. The molecule has 0 N–H and O–H groups in total. The van der Waals surface area contributed by atoms with Gasteiger partial charge in [-0.1, -0.05) is 11.6 Å². The molecule has 0 unspecified atom stereocenters. The van der Waals surface area contributed by atoms with Crippen molar-refractivity contribution >= 4 is 34.0 Å². The minimum Gasteiger partial charge on any atom is -0.480 e. The van der Waals surface area contributed by atoms with Crippen molar-refractivity contribution in [1.82, 2.24) is 23.5 Å². The lowest BCUT2D eigenvalue weighted by Crippen LogP contribution is -2.39. The van der Waals surface area contributed by atoms with Crippen molar-refractivity contribution in [2.45, 2.75) is 6.18 Å². The second-order valence-corrected chi connectivity index (χ2v) is 8.81. The molecule has 1 aromatic carbocycles. The number of fused-ring (bicyclic) bond motifs is 2. The lowest BCUT2D eigenvalue weighted by Gasteiger charge is -2.22. The Labute approximate surface area is 219 Å². The largest absolute Gasteiger partial charge is 0.480 e. The minimum atomic E-state index is -4.59. The number of pyridine rings is 2. The van der Waals surface area contributed by atoms with Crippen LogP contribution in [-0.2, 0) is 0 Å². The molecule has 15 heteroatoms. The fourth-order valence-corrected chi connectivity index (χ4v) is 4.33. The van der Waals surface area contributed by atoms with Gasteiger partial charge in [-0.2, -0.15) is 18.2 Å². The molecular weight excluding hydrogens is 551 g/mol. The molecular formula is C24H16ClF5N6O3. The fourth-order valence-electron chi connectivity index (χ4n) is 4.15. The van der Waals surface area contributed by atoms with E-state index in [1.807, 2.05) is 0 Å². The van der Waals surface area contributed by atoms with E-state index >= 15 is 0 Å². The third-order valence-corrected chi connectivity index (χ3v) is 6.13. The highest BCUT2D eigenvalue weighted by molar-refractivity contribution is 6.30. The summed E-state index contributed by atoms with van der Waals surface area (Å²) in [5.74, 6) is -2.12. The number of methoxy groups -OCH3 is 1. The Morgan fingerprint density at radius 2 is 1.82 bits per heavy atom. The highest BCUT2D eigenvalue weighted by Gasteiger charge is 2.31. The highest BCUT2D eigenvalue weighted by atomic mass is 35.5. The van der Waals surface area contributed by atoms with Gasteiger partial charge >= 0.3 is 11.9 Å². The van der Waals surface area contributed by atoms with Gasteiger partial charge in [-0.15, -0.1) is 0 Å². The molecule has 0 saturated carbocycles. The molecule has 4 heterocycles. The molecule has 4 aromatic heterocycles. The number of halogens is 6. The molecule has 39 heavy (non-hydrogen) atoms. The van der Waals surface area contributed by atoms with Crippen LogP contribution < -0.4 is 20.9 Å². The summed E-state index contributed by atoms with van der Waals surface area (Å²) >= 11 is 5.96. The number of rotatable bonds is 5. The predicted octanol–water partition coefficient (Wildman–Crippen LogP) is 4.12. The number of alkyl halides is 3. The van der Waals surface area contributed by atoms with Gasteiger partial charge in [0.2, 0.25) is 5.88 Å². The van der Waals surface area contributed by atoms with Crippen LogP contribution in [0.1, 0.15) is 0 Å². The molecule has 0 aliphatic rings. The van der Waals surface area contributed by atoms with E-state index in [2.05, 4.69) is 9.97 Å². The molecule has 0 atom stereocenters. The Kier molecular flexibility index (Phi) is 6.29. The van der Waals surface area contributed by atoms with Crippen LogP contribution in [0.5, 0.6) is 5.88 Å². The van der Waals surface area contributed by atoms with Crippen molar-refractivity contribution in [2.75, 3.05) is 25.6 Å². The maximum atomic E-state index is 14.0. The number of hydrogen-bond donors (Lipinski definition) is 0. The first-order valence-electron chi connectivity index (χ1n) is 11.0. The number of anilines is 1. The monoisotopic (exact) mass is 566 g/mol. The first-order valence-corrected chi connectivity index (χ1v) is 11.4. The second kappa shape index (κ2) is 9.38. The van der Waals surface area contributed by atoms with Crippen LogP contribution in [0.3, 0.4) is 0 Å². The fraction of sp³-hybridized carbons (Fsp3) is 0.167. The summed E-state index contributed by atoms with van der Waals surface area (Å²) in [5.41, 5.74) is -2.05. The quantitative estimate of drug-likeness (QED) is 0.298. The Morgan fingerprint density at radius 1 is 1.08 bits per heavy atom. The van der Waals surface area contributed by atoms with Gasteiger partial charge in [0, 0.05) is 25.4 Å². The lowest BCUT2D eigenvalue weighted by atomic mass is 10.2. The zero-order valence-corrected chi connectivity index (χ0v) is 20.8. The molecule has 5 rings (SSSR count). The maximum absolute atomic E-state index is 14.0. The van der Waals surface area contributed by atoms with Gasteiger partial charge in [-0.25, -0.2) is 23.1 Å². The average Bonchev–Trinajstić information content (AvgIpc) is 3.27. The van der Waals surface area contributed by atoms with Gasteiger partial charge in [0.05, 0.1) is 29.5 Å². The van der Waals surface area contributed by atoms with Crippen LogP contribution >= 0.6 is 11.6 Å². The summed E-state index contributed by atoms with van der Waals surface area (Å²) in [6, 6.07) is 6.58. The van der Waals surface area contributed by atoms with Gasteiger partial charge in [-0.05, 0) is 24.3 Å². The van der Waals surface area contributed by atoms with Gasteiger partial charge < -0.3 is 9.64 Å². The average molecular weight is 567 g/mol. The van der Waals surface area contributed by atoms with E-state index in [1.165, 1.54) is 16.7 Å². The van der Waals surface area contributed by atoms with Crippen molar-refractivity contribution in [3.63, 3.8) is 0 Å². The molecule has 0 spiro atoms. The molecule has 0 amide bonds. The second-order valence-electron chi connectivity index (χ2n) is 8.40. The summed E-state index contributed by atoms with van der Waals surface area (Å²) < 4.78 is 75.3. The lowest BCUT2D eigenvalue weighted by molar-refractivity contribution is -0.119. The highest BCUT2D eigenvalue weighted by Crippen LogP contribution is 2.29. The first-order chi connectivity index (χ1) is 18.4. The van der Waals surface area contributed by atoms with Gasteiger partial charge in [-0.3, -0.25) is 13.8 Å². The third-order valence-electron chi connectivity index (χ3n) is 5.84. The number of nitrogens with zero attached hydrogens (tertiary/aromatic N) is 6. The van der Waals surface area contributed by atoms with E-state index in [9.17, 15) is 31.5 Å². The molecule has 0 radical (unpaired) electrons. The van der Waals surface area contributed by atoms with Crippen LogP contribution in [0.4, 0.5) is 27.8 Å². The van der Waals surface area contributed by atoms with E-state index in [0.717, 1.165) is 60.2 Å². The van der Waals surface area contributed by atoms with Crippen LogP contribution in [0.25, 0.3) is 28.1 Å². The Bertz CT molecular complexity index is 1880. The summed E-state index contributed by atoms with van der Waals surface area (Å²) in [4.78, 5) is 36.6. The van der Waals surface area contributed by atoms with Crippen molar-refractivity contribution in [2.24, 2.45) is 0 Å². The third kappa shape index (κ3) is 4.56. The smallest absolute Gasteiger partial charge is 0.405 e. The number of ether oxygens (including phenoxy) is 1. The SMILES string of the molecule is COc1nc(N(C)CC(F)(F)F)cc2c1c(=O)n(-c1cnc3cc(F)ccn13)c(=O)n2-c1ccc(F)c(Cl)c1. The van der Waals surface area contributed by atoms with Gasteiger partial charge in [0.1, 0.15) is 40.8 Å². The molecule has 0 aliphatic carbocycles. The zero-order valence-electron chi connectivity index (χ0n) is 20.0.